The molecular weight excluding hydrogens is 412 g/mol. The first kappa shape index (κ1) is 24.0. The molecule has 3 rings (SSSR count). The number of nitrogens with zero attached hydrogens (tertiary/aromatic N) is 1. The first-order valence-corrected chi connectivity index (χ1v) is 11.0. The number of aliphatic hydroxyl groups excluding tert-OH is 1. The van der Waals surface area contributed by atoms with Gasteiger partial charge in [0.05, 0.1) is 12.1 Å². The highest BCUT2D eigenvalue weighted by molar-refractivity contribution is 5.95. The number of carbonyl (C=O) groups is 2. The van der Waals surface area contributed by atoms with E-state index in [1.807, 2.05) is 43.5 Å². The van der Waals surface area contributed by atoms with Gasteiger partial charge in [-0.1, -0.05) is 18.2 Å². The van der Waals surface area contributed by atoms with Crippen molar-refractivity contribution >= 4 is 22.7 Å². The van der Waals surface area contributed by atoms with Gasteiger partial charge in [0.2, 0.25) is 12.2 Å². The molecule has 1 amide bonds. The Hall–Kier alpha value is -2.68. The predicted octanol–water partition coefficient (Wildman–Crippen LogP) is 2.81. The lowest BCUT2D eigenvalue weighted by Crippen LogP contribution is -2.39. The molecule has 1 aliphatic heterocycles. The number of rotatable bonds is 10. The summed E-state index contributed by atoms with van der Waals surface area (Å²) < 4.78 is 18.5. The summed E-state index contributed by atoms with van der Waals surface area (Å²) in [6.07, 6.45) is 4.22. The van der Waals surface area contributed by atoms with E-state index in [2.05, 4.69) is 5.32 Å². The van der Waals surface area contributed by atoms with E-state index in [4.69, 9.17) is 14.2 Å². The third-order valence-corrected chi connectivity index (χ3v) is 5.67. The van der Waals surface area contributed by atoms with Gasteiger partial charge in [0.25, 0.3) is 5.91 Å². The van der Waals surface area contributed by atoms with Crippen LogP contribution in [0.5, 0.6) is 0 Å². The summed E-state index contributed by atoms with van der Waals surface area (Å²) >= 11 is 0. The lowest BCUT2D eigenvalue weighted by molar-refractivity contribution is -0.166. The minimum absolute atomic E-state index is 0.0470. The molecule has 0 bridgehead atoms. The van der Waals surface area contributed by atoms with Crippen molar-refractivity contribution in [3.63, 3.8) is 0 Å². The van der Waals surface area contributed by atoms with Crippen LogP contribution in [-0.2, 0) is 19.0 Å². The van der Waals surface area contributed by atoms with Crippen LogP contribution in [-0.4, -0.2) is 61.3 Å². The molecule has 174 valence electrons. The molecule has 3 atom stereocenters. The summed E-state index contributed by atoms with van der Waals surface area (Å²) in [7, 11) is 1.57. The summed E-state index contributed by atoms with van der Waals surface area (Å²) in [4.78, 5) is 25.1. The van der Waals surface area contributed by atoms with Crippen LogP contribution in [0.3, 0.4) is 0 Å². The molecule has 0 fully saturated rings. The van der Waals surface area contributed by atoms with E-state index >= 15 is 0 Å². The number of amides is 1. The fourth-order valence-electron chi connectivity index (χ4n) is 4.21. The van der Waals surface area contributed by atoms with Gasteiger partial charge in [-0.15, -0.1) is 0 Å². The molecule has 8 heteroatoms. The van der Waals surface area contributed by atoms with E-state index in [0.717, 1.165) is 16.5 Å². The zero-order valence-electron chi connectivity index (χ0n) is 18.9. The molecule has 2 aromatic rings. The number of carbonyl (C=O) groups excluding carboxylic acids is 2. The highest BCUT2D eigenvalue weighted by Gasteiger charge is 2.39. The van der Waals surface area contributed by atoms with Crippen molar-refractivity contribution in [3.05, 3.63) is 47.9 Å². The Kier molecular flexibility index (Phi) is 8.44. The van der Waals surface area contributed by atoms with Crippen LogP contribution in [0.1, 0.15) is 43.0 Å². The maximum atomic E-state index is 12.8. The van der Waals surface area contributed by atoms with Crippen LogP contribution in [0, 0.1) is 5.92 Å². The lowest BCUT2D eigenvalue weighted by atomic mass is 9.80. The van der Waals surface area contributed by atoms with Gasteiger partial charge in [-0.3, -0.25) is 14.2 Å². The van der Waals surface area contributed by atoms with Gasteiger partial charge in [0.15, 0.2) is 5.76 Å². The smallest absolute Gasteiger partial charge is 0.286 e. The van der Waals surface area contributed by atoms with Crippen LogP contribution >= 0.6 is 0 Å². The lowest BCUT2D eigenvalue weighted by Gasteiger charge is -2.36. The van der Waals surface area contributed by atoms with Crippen LogP contribution in [0.25, 0.3) is 10.9 Å². The molecule has 2 heterocycles. The molecule has 1 aromatic heterocycles. The van der Waals surface area contributed by atoms with Crippen molar-refractivity contribution in [1.82, 2.24) is 9.88 Å². The van der Waals surface area contributed by atoms with E-state index in [0.29, 0.717) is 32.6 Å². The molecule has 0 unspecified atom stereocenters. The van der Waals surface area contributed by atoms with Crippen LogP contribution < -0.4 is 5.32 Å². The summed E-state index contributed by atoms with van der Waals surface area (Å²) in [6.45, 7) is 4.61. The molecule has 0 aliphatic carbocycles. The maximum absolute atomic E-state index is 12.8. The molecule has 0 spiro atoms. The molecule has 32 heavy (non-hydrogen) atoms. The molecular formula is C24H32N2O6. The van der Waals surface area contributed by atoms with Gasteiger partial charge >= 0.3 is 0 Å². The number of nitrogens with one attached hydrogen (secondary N) is 1. The molecule has 0 saturated carbocycles. The third kappa shape index (κ3) is 5.20. The molecule has 1 aliphatic rings. The van der Waals surface area contributed by atoms with Gasteiger partial charge in [-0.05, 0) is 37.5 Å². The van der Waals surface area contributed by atoms with E-state index in [1.165, 1.54) is 6.92 Å². The van der Waals surface area contributed by atoms with Crippen molar-refractivity contribution < 1.29 is 28.9 Å². The van der Waals surface area contributed by atoms with Gasteiger partial charge in [0, 0.05) is 57.2 Å². The Morgan fingerprint density at radius 3 is 2.75 bits per heavy atom. The topological polar surface area (TPSA) is 99.0 Å². The number of aliphatic hydroxyl groups is 1. The SMILES string of the molecule is CCO[C@H]1OC(C(=O)NCCOC)=C[C@@H](c2cn(C(C)=O)c3ccccc23)[C@@H]1CCCO. The second kappa shape index (κ2) is 11.3. The zero-order chi connectivity index (χ0) is 23.1. The minimum Gasteiger partial charge on any atom is -0.459 e. The van der Waals surface area contributed by atoms with Crippen LogP contribution in [0.15, 0.2) is 42.3 Å². The van der Waals surface area contributed by atoms with E-state index in [9.17, 15) is 14.7 Å². The average molecular weight is 445 g/mol. The molecule has 2 N–H and O–H groups in total. The monoisotopic (exact) mass is 444 g/mol. The fourth-order valence-corrected chi connectivity index (χ4v) is 4.21. The number of methoxy groups -OCH3 is 1. The summed E-state index contributed by atoms with van der Waals surface area (Å²) in [5.41, 5.74) is 1.74. The molecule has 1 aromatic carbocycles. The van der Waals surface area contributed by atoms with Crippen molar-refractivity contribution in [2.75, 3.05) is 33.5 Å². The number of hydrogen-bond donors (Lipinski definition) is 2. The Morgan fingerprint density at radius 1 is 1.28 bits per heavy atom. The molecule has 0 radical (unpaired) electrons. The Bertz CT molecular complexity index is 967. The number of allylic oxidation sites excluding steroid dienone is 1. The zero-order valence-corrected chi connectivity index (χ0v) is 18.9. The number of para-hydroxylation sites is 1. The summed E-state index contributed by atoms with van der Waals surface area (Å²) in [5.74, 6) is -0.615. The number of ether oxygens (including phenoxy) is 3. The van der Waals surface area contributed by atoms with E-state index in [-0.39, 0.29) is 36.0 Å². The summed E-state index contributed by atoms with van der Waals surface area (Å²) in [6, 6.07) is 7.71. The van der Waals surface area contributed by atoms with E-state index in [1.54, 1.807) is 11.7 Å². The van der Waals surface area contributed by atoms with Crippen molar-refractivity contribution in [3.8, 4) is 0 Å². The van der Waals surface area contributed by atoms with E-state index < -0.39 is 6.29 Å². The number of fused-ring (bicyclic) bond motifs is 1. The second-order valence-electron chi connectivity index (χ2n) is 7.77. The van der Waals surface area contributed by atoms with Gasteiger partial charge < -0.3 is 24.6 Å². The van der Waals surface area contributed by atoms with Crippen LogP contribution in [0.4, 0.5) is 0 Å². The normalized spacial score (nSPS) is 20.6. The quantitative estimate of drug-likeness (QED) is 0.547. The van der Waals surface area contributed by atoms with Crippen molar-refractivity contribution in [1.29, 1.82) is 0 Å². The molecule has 8 nitrogen and oxygen atoms in total. The predicted molar refractivity (Wildman–Crippen MR) is 120 cm³/mol. The standard InChI is InChI=1S/C24H32N2O6/c1-4-31-24-18(9-7-12-27)19(14-22(32-24)23(29)25-11-13-30-3)20-15-26(16(2)28)21-10-6-5-8-17(20)21/h5-6,8,10,14-15,18-19,24,27H,4,7,9,11-13H2,1-3H3,(H,25,29)/t18-,19+,24-/m0/s1. The Morgan fingerprint density at radius 2 is 2.06 bits per heavy atom. The second-order valence-corrected chi connectivity index (χ2v) is 7.77. The largest absolute Gasteiger partial charge is 0.459 e. The highest BCUT2D eigenvalue weighted by atomic mass is 16.7. The first-order valence-electron chi connectivity index (χ1n) is 11.0. The van der Waals surface area contributed by atoms with Gasteiger partial charge in [0.1, 0.15) is 0 Å². The van der Waals surface area contributed by atoms with Crippen molar-refractivity contribution in [2.45, 2.75) is 38.9 Å². The van der Waals surface area contributed by atoms with Crippen molar-refractivity contribution in [2.24, 2.45) is 5.92 Å². The summed E-state index contributed by atoms with van der Waals surface area (Å²) in [5, 5.41) is 13.2. The number of hydrogen-bond acceptors (Lipinski definition) is 6. The third-order valence-electron chi connectivity index (χ3n) is 5.67. The highest BCUT2D eigenvalue weighted by Crippen LogP contribution is 2.42. The van der Waals surface area contributed by atoms with Crippen LogP contribution in [0.2, 0.25) is 0 Å². The minimum atomic E-state index is -0.649. The maximum Gasteiger partial charge on any atom is 0.286 e. The Balaban J connectivity index is 2.08. The molecule has 0 saturated heterocycles. The average Bonchev–Trinajstić information content (AvgIpc) is 3.18. The fraction of sp³-hybridized carbons (Fsp3) is 0.500. The number of benzene rings is 1. The van der Waals surface area contributed by atoms with Gasteiger partial charge in [-0.2, -0.15) is 0 Å². The number of aromatic nitrogens is 1. The first-order chi connectivity index (χ1) is 15.5. The Labute approximate surface area is 188 Å². The van der Waals surface area contributed by atoms with Gasteiger partial charge in [-0.25, -0.2) is 0 Å².